The SMILES string of the molecule is CCNC1CCCN(CCS(=O)(=O)CC)C1=O. The third-order valence-corrected chi connectivity index (χ3v) is 4.78. The predicted octanol–water partition coefficient (Wildman–Crippen LogP) is 0.0216. The third kappa shape index (κ3) is 4.27. The van der Waals surface area contributed by atoms with Gasteiger partial charge in [0, 0.05) is 18.8 Å². The standard InChI is InChI=1S/C11H22N2O3S/c1-3-12-10-6-5-7-13(11(10)14)8-9-17(15,16)4-2/h10,12H,3-9H2,1-2H3. The molecule has 0 aromatic carbocycles. The summed E-state index contributed by atoms with van der Waals surface area (Å²) in [4.78, 5) is 13.7. The van der Waals surface area contributed by atoms with Gasteiger partial charge in [-0.05, 0) is 19.4 Å². The number of sulfone groups is 1. The molecular formula is C11H22N2O3S. The molecule has 0 saturated carbocycles. The highest BCUT2D eigenvalue weighted by Gasteiger charge is 2.28. The summed E-state index contributed by atoms with van der Waals surface area (Å²) >= 11 is 0. The number of hydrogen-bond donors (Lipinski definition) is 1. The number of hydrogen-bond acceptors (Lipinski definition) is 4. The molecule has 0 aliphatic carbocycles. The van der Waals surface area contributed by atoms with Gasteiger partial charge in [-0.2, -0.15) is 0 Å². The number of amides is 1. The Morgan fingerprint density at radius 3 is 2.71 bits per heavy atom. The second-order valence-corrected chi connectivity index (χ2v) is 6.79. The van der Waals surface area contributed by atoms with Crippen molar-refractivity contribution in [2.24, 2.45) is 0 Å². The average molecular weight is 262 g/mol. The molecule has 100 valence electrons. The fraction of sp³-hybridized carbons (Fsp3) is 0.909. The maximum atomic E-state index is 12.0. The van der Waals surface area contributed by atoms with Crippen LogP contribution in [0.15, 0.2) is 0 Å². The van der Waals surface area contributed by atoms with Crippen molar-refractivity contribution in [1.82, 2.24) is 10.2 Å². The Morgan fingerprint density at radius 2 is 2.12 bits per heavy atom. The fourth-order valence-corrected chi connectivity index (χ4v) is 2.78. The van der Waals surface area contributed by atoms with E-state index in [0.29, 0.717) is 13.1 Å². The van der Waals surface area contributed by atoms with Crippen molar-refractivity contribution in [3.63, 3.8) is 0 Å². The Morgan fingerprint density at radius 1 is 1.41 bits per heavy atom. The molecule has 1 atom stereocenters. The van der Waals surface area contributed by atoms with Crippen molar-refractivity contribution in [1.29, 1.82) is 0 Å². The first kappa shape index (κ1) is 14.4. The average Bonchev–Trinajstić information content (AvgIpc) is 2.31. The molecule has 0 bridgehead atoms. The Labute approximate surface area is 103 Å². The van der Waals surface area contributed by atoms with Gasteiger partial charge in [0.1, 0.15) is 0 Å². The van der Waals surface area contributed by atoms with Crippen LogP contribution in [0, 0.1) is 0 Å². The van der Waals surface area contributed by atoms with Crippen LogP contribution in [0.25, 0.3) is 0 Å². The monoisotopic (exact) mass is 262 g/mol. The summed E-state index contributed by atoms with van der Waals surface area (Å²) in [6.07, 6.45) is 1.79. The van der Waals surface area contributed by atoms with Crippen LogP contribution < -0.4 is 5.32 Å². The van der Waals surface area contributed by atoms with Crippen molar-refractivity contribution < 1.29 is 13.2 Å². The van der Waals surface area contributed by atoms with Crippen LogP contribution in [0.5, 0.6) is 0 Å². The zero-order valence-corrected chi connectivity index (χ0v) is 11.4. The zero-order valence-electron chi connectivity index (χ0n) is 10.6. The van der Waals surface area contributed by atoms with Gasteiger partial charge < -0.3 is 10.2 Å². The van der Waals surface area contributed by atoms with E-state index in [1.807, 2.05) is 6.92 Å². The second kappa shape index (κ2) is 6.35. The topological polar surface area (TPSA) is 66.5 Å². The molecule has 1 fully saturated rings. The van der Waals surface area contributed by atoms with E-state index in [4.69, 9.17) is 0 Å². The number of likely N-dealkylation sites (tertiary alicyclic amines) is 1. The number of rotatable bonds is 6. The maximum absolute atomic E-state index is 12.0. The van der Waals surface area contributed by atoms with Gasteiger partial charge in [0.25, 0.3) is 0 Å². The first-order chi connectivity index (χ1) is 8.00. The van der Waals surface area contributed by atoms with E-state index >= 15 is 0 Å². The fourth-order valence-electron chi connectivity index (χ4n) is 1.99. The molecule has 0 aromatic heterocycles. The highest BCUT2D eigenvalue weighted by atomic mass is 32.2. The molecular weight excluding hydrogens is 240 g/mol. The Kier molecular flexibility index (Phi) is 5.39. The van der Waals surface area contributed by atoms with E-state index in [1.165, 1.54) is 0 Å². The summed E-state index contributed by atoms with van der Waals surface area (Å²) in [5, 5.41) is 3.13. The lowest BCUT2D eigenvalue weighted by atomic mass is 10.1. The molecule has 1 amide bonds. The van der Waals surface area contributed by atoms with E-state index in [2.05, 4.69) is 5.32 Å². The summed E-state index contributed by atoms with van der Waals surface area (Å²) in [5.41, 5.74) is 0. The number of carbonyl (C=O) groups is 1. The highest BCUT2D eigenvalue weighted by molar-refractivity contribution is 7.91. The number of nitrogens with one attached hydrogen (secondary N) is 1. The van der Waals surface area contributed by atoms with Gasteiger partial charge in [-0.15, -0.1) is 0 Å². The number of likely N-dealkylation sites (N-methyl/N-ethyl adjacent to an activating group) is 1. The van der Waals surface area contributed by atoms with E-state index in [0.717, 1.165) is 19.4 Å². The second-order valence-electron chi connectivity index (χ2n) is 4.31. The van der Waals surface area contributed by atoms with Crippen molar-refractivity contribution in [2.45, 2.75) is 32.7 Å². The van der Waals surface area contributed by atoms with Crippen molar-refractivity contribution in [3.05, 3.63) is 0 Å². The van der Waals surface area contributed by atoms with Gasteiger partial charge >= 0.3 is 0 Å². The predicted molar refractivity (Wildman–Crippen MR) is 67.6 cm³/mol. The van der Waals surface area contributed by atoms with E-state index in [1.54, 1.807) is 11.8 Å². The smallest absolute Gasteiger partial charge is 0.239 e. The lowest BCUT2D eigenvalue weighted by Crippen LogP contribution is -2.51. The molecule has 1 unspecified atom stereocenters. The lowest BCUT2D eigenvalue weighted by Gasteiger charge is -2.32. The molecule has 1 aliphatic rings. The first-order valence-corrected chi connectivity index (χ1v) is 8.05. The highest BCUT2D eigenvalue weighted by Crippen LogP contribution is 2.11. The van der Waals surface area contributed by atoms with Crippen LogP contribution in [-0.2, 0) is 14.6 Å². The summed E-state index contributed by atoms with van der Waals surface area (Å²) < 4.78 is 22.8. The molecule has 1 aliphatic heterocycles. The van der Waals surface area contributed by atoms with Crippen LogP contribution in [-0.4, -0.2) is 56.4 Å². The van der Waals surface area contributed by atoms with E-state index in [-0.39, 0.29) is 23.5 Å². The zero-order chi connectivity index (χ0) is 12.9. The van der Waals surface area contributed by atoms with Gasteiger partial charge in [0.05, 0.1) is 11.8 Å². The third-order valence-electron chi connectivity index (χ3n) is 3.09. The normalized spacial score (nSPS) is 21.9. The summed E-state index contributed by atoms with van der Waals surface area (Å²) in [6, 6.07) is -0.127. The molecule has 0 aromatic rings. The number of carbonyl (C=O) groups excluding carboxylic acids is 1. The summed E-state index contributed by atoms with van der Waals surface area (Å²) in [5.74, 6) is 0.268. The maximum Gasteiger partial charge on any atom is 0.239 e. The van der Waals surface area contributed by atoms with Crippen molar-refractivity contribution in [2.75, 3.05) is 31.1 Å². The van der Waals surface area contributed by atoms with Crippen LogP contribution in [0.4, 0.5) is 0 Å². The van der Waals surface area contributed by atoms with Crippen molar-refractivity contribution >= 4 is 15.7 Å². The van der Waals surface area contributed by atoms with Gasteiger partial charge in [-0.1, -0.05) is 13.8 Å². The molecule has 1 heterocycles. The largest absolute Gasteiger partial charge is 0.340 e. The molecule has 5 nitrogen and oxygen atoms in total. The molecule has 17 heavy (non-hydrogen) atoms. The Hall–Kier alpha value is -0.620. The molecule has 1 rings (SSSR count). The van der Waals surface area contributed by atoms with Gasteiger partial charge in [0.15, 0.2) is 9.84 Å². The van der Waals surface area contributed by atoms with Crippen LogP contribution in [0.1, 0.15) is 26.7 Å². The molecule has 6 heteroatoms. The Balaban J connectivity index is 2.51. The summed E-state index contributed by atoms with van der Waals surface area (Å²) in [6.45, 7) is 5.37. The molecule has 1 N–H and O–H groups in total. The van der Waals surface area contributed by atoms with Crippen LogP contribution in [0.2, 0.25) is 0 Å². The number of piperidine rings is 1. The van der Waals surface area contributed by atoms with Gasteiger partial charge in [-0.3, -0.25) is 4.79 Å². The quantitative estimate of drug-likeness (QED) is 0.733. The lowest BCUT2D eigenvalue weighted by molar-refractivity contribution is -0.135. The van der Waals surface area contributed by atoms with Gasteiger partial charge in [0.2, 0.25) is 5.91 Å². The van der Waals surface area contributed by atoms with Crippen LogP contribution in [0.3, 0.4) is 0 Å². The summed E-state index contributed by atoms with van der Waals surface area (Å²) in [7, 11) is -2.99. The molecule has 1 saturated heterocycles. The van der Waals surface area contributed by atoms with Gasteiger partial charge in [-0.25, -0.2) is 8.42 Å². The molecule has 0 radical (unpaired) electrons. The Bertz CT molecular complexity index is 352. The minimum atomic E-state index is -2.99. The van der Waals surface area contributed by atoms with E-state index < -0.39 is 9.84 Å². The minimum absolute atomic E-state index is 0.0457. The number of nitrogens with zero attached hydrogens (tertiary/aromatic N) is 1. The first-order valence-electron chi connectivity index (χ1n) is 6.22. The van der Waals surface area contributed by atoms with Crippen molar-refractivity contribution in [3.8, 4) is 0 Å². The van der Waals surface area contributed by atoms with Crippen LogP contribution >= 0.6 is 0 Å². The van der Waals surface area contributed by atoms with E-state index in [9.17, 15) is 13.2 Å². The molecule has 0 spiro atoms. The minimum Gasteiger partial charge on any atom is -0.340 e.